The minimum absolute atomic E-state index is 0. The van der Waals surface area contributed by atoms with E-state index >= 15 is 0 Å². The Balaban J connectivity index is 0.00000220. The van der Waals surface area contributed by atoms with Crippen LogP contribution in [0.1, 0.15) is 17.0 Å². The van der Waals surface area contributed by atoms with E-state index in [1.54, 1.807) is 11.3 Å². The maximum absolute atomic E-state index is 11.6. The number of nitrogens with zero attached hydrogens (tertiary/aromatic N) is 1. The maximum Gasteiger partial charge on any atom is 0.221 e. The summed E-state index contributed by atoms with van der Waals surface area (Å²) in [5, 5.41) is 6.90. The van der Waals surface area contributed by atoms with Crippen LogP contribution in [0.3, 0.4) is 0 Å². The topological polar surface area (TPSA) is 54.0 Å². The first-order chi connectivity index (χ1) is 9.70. The van der Waals surface area contributed by atoms with Crippen molar-refractivity contribution in [1.82, 2.24) is 15.6 Å². The van der Waals surface area contributed by atoms with Crippen molar-refractivity contribution in [2.45, 2.75) is 19.9 Å². The fourth-order valence-corrected chi connectivity index (χ4v) is 2.81. The molecule has 1 aromatic heterocycles. The number of amides is 1. The average molecular weight is 326 g/mol. The summed E-state index contributed by atoms with van der Waals surface area (Å²) >= 11 is 1.64. The van der Waals surface area contributed by atoms with Gasteiger partial charge >= 0.3 is 0 Å². The molecule has 21 heavy (non-hydrogen) atoms. The van der Waals surface area contributed by atoms with Crippen LogP contribution in [0.4, 0.5) is 0 Å². The molecule has 0 radical (unpaired) electrons. The molecule has 2 aromatic rings. The molecule has 114 valence electrons. The molecule has 0 fully saturated rings. The summed E-state index contributed by atoms with van der Waals surface area (Å²) in [4.78, 5) is 17.3. The molecular weight excluding hydrogens is 306 g/mol. The summed E-state index contributed by atoms with van der Waals surface area (Å²) in [6.07, 6.45) is 0.500. The number of carbonyl (C=O) groups is 1. The van der Waals surface area contributed by atoms with E-state index in [1.807, 2.05) is 44.3 Å². The van der Waals surface area contributed by atoms with Crippen LogP contribution in [0.25, 0.3) is 10.6 Å². The third-order valence-corrected chi connectivity index (χ3v) is 4.17. The number of benzene rings is 1. The van der Waals surface area contributed by atoms with Gasteiger partial charge in [0.25, 0.3) is 0 Å². The number of thiazole rings is 1. The van der Waals surface area contributed by atoms with Gasteiger partial charge in [-0.2, -0.15) is 0 Å². The number of aryl methyl sites for hydroxylation is 1. The number of hydrogen-bond acceptors (Lipinski definition) is 4. The lowest BCUT2D eigenvalue weighted by Gasteiger charge is -2.03. The van der Waals surface area contributed by atoms with Crippen LogP contribution in [0, 0.1) is 6.92 Å². The second-order valence-corrected chi connectivity index (χ2v) is 5.61. The fraction of sp³-hybridized carbons (Fsp3) is 0.333. The molecule has 0 aliphatic heterocycles. The first kappa shape index (κ1) is 17.6. The van der Waals surface area contributed by atoms with Crippen LogP contribution < -0.4 is 10.6 Å². The maximum atomic E-state index is 11.6. The highest BCUT2D eigenvalue weighted by atomic mass is 35.5. The van der Waals surface area contributed by atoms with E-state index in [-0.39, 0.29) is 18.3 Å². The highest BCUT2D eigenvalue weighted by Crippen LogP contribution is 2.27. The first-order valence-corrected chi connectivity index (χ1v) is 7.45. The van der Waals surface area contributed by atoms with E-state index < -0.39 is 0 Å². The summed E-state index contributed by atoms with van der Waals surface area (Å²) in [5.41, 5.74) is 2.11. The molecule has 1 amide bonds. The van der Waals surface area contributed by atoms with Gasteiger partial charge in [-0.05, 0) is 14.0 Å². The van der Waals surface area contributed by atoms with E-state index in [2.05, 4.69) is 15.6 Å². The summed E-state index contributed by atoms with van der Waals surface area (Å²) in [6, 6.07) is 10.1. The number of hydrogen-bond donors (Lipinski definition) is 2. The number of aromatic nitrogens is 1. The van der Waals surface area contributed by atoms with Gasteiger partial charge in [0.1, 0.15) is 5.01 Å². The molecule has 0 saturated heterocycles. The van der Waals surface area contributed by atoms with Crippen molar-refractivity contribution >= 4 is 29.7 Å². The van der Waals surface area contributed by atoms with Crippen molar-refractivity contribution in [3.05, 3.63) is 40.9 Å². The Morgan fingerprint density at radius 3 is 2.67 bits per heavy atom. The monoisotopic (exact) mass is 325 g/mol. The van der Waals surface area contributed by atoms with Gasteiger partial charge in [-0.3, -0.25) is 4.79 Å². The fourth-order valence-electron chi connectivity index (χ4n) is 1.80. The Bertz CT molecular complexity index is 572. The predicted molar refractivity (Wildman–Crippen MR) is 89.9 cm³/mol. The average Bonchev–Trinajstić information content (AvgIpc) is 2.85. The Morgan fingerprint density at radius 1 is 1.29 bits per heavy atom. The molecular formula is C15H20ClN3OS. The quantitative estimate of drug-likeness (QED) is 0.858. The predicted octanol–water partition coefficient (Wildman–Crippen LogP) is 2.77. The molecule has 0 aliphatic carbocycles. The standard InChI is InChI=1S/C15H19N3OS.ClH/c1-11-13(10-17-14(19)8-9-16-2)20-15(18-11)12-6-4-3-5-7-12;/h3-7,16H,8-10H2,1-2H3,(H,17,19);1H. The lowest BCUT2D eigenvalue weighted by atomic mass is 10.2. The van der Waals surface area contributed by atoms with Gasteiger partial charge in [0.2, 0.25) is 5.91 Å². The van der Waals surface area contributed by atoms with E-state index in [4.69, 9.17) is 0 Å². The van der Waals surface area contributed by atoms with Crippen LogP contribution in [0.5, 0.6) is 0 Å². The Labute approximate surface area is 135 Å². The third-order valence-electron chi connectivity index (χ3n) is 2.96. The van der Waals surface area contributed by atoms with Gasteiger partial charge in [0, 0.05) is 23.4 Å². The molecule has 2 N–H and O–H groups in total. The Kier molecular flexibility index (Phi) is 7.36. The summed E-state index contributed by atoms with van der Waals surface area (Å²) in [7, 11) is 1.84. The molecule has 0 saturated carbocycles. The van der Waals surface area contributed by atoms with Gasteiger partial charge in [-0.1, -0.05) is 30.3 Å². The minimum Gasteiger partial charge on any atom is -0.351 e. The molecule has 6 heteroatoms. The SMILES string of the molecule is CNCCC(=O)NCc1sc(-c2ccccc2)nc1C.Cl. The molecule has 4 nitrogen and oxygen atoms in total. The van der Waals surface area contributed by atoms with Crippen LogP contribution in [0.15, 0.2) is 30.3 Å². The van der Waals surface area contributed by atoms with Crippen LogP contribution in [0.2, 0.25) is 0 Å². The zero-order chi connectivity index (χ0) is 14.4. The second kappa shape index (κ2) is 8.77. The number of nitrogens with one attached hydrogen (secondary N) is 2. The van der Waals surface area contributed by atoms with E-state index in [9.17, 15) is 4.79 Å². The third kappa shape index (κ3) is 5.12. The molecule has 0 unspecified atom stereocenters. The highest BCUT2D eigenvalue weighted by Gasteiger charge is 2.10. The minimum atomic E-state index is 0. The number of rotatable bonds is 6. The summed E-state index contributed by atoms with van der Waals surface area (Å²) < 4.78 is 0. The van der Waals surface area contributed by atoms with Crippen molar-refractivity contribution in [1.29, 1.82) is 0 Å². The molecule has 0 spiro atoms. The van der Waals surface area contributed by atoms with Gasteiger partial charge in [-0.25, -0.2) is 4.98 Å². The molecule has 0 aliphatic rings. The van der Waals surface area contributed by atoms with Crippen LogP contribution >= 0.6 is 23.7 Å². The van der Waals surface area contributed by atoms with Crippen molar-refractivity contribution < 1.29 is 4.79 Å². The molecule has 1 heterocycles. The zero-order valence-electron chi connectivity index (χ0n) is 12.2. The van der Waals surface area contributed by atoms with Crippen LogP contribution in [-0.2, 0) is 11.3 Å². The molecule has 1 aromatic carbocycles. The van der Waals surface area contributed by atoms with Crippen LogP contribution in [-0.4, -0.2) is 24.5 Å². The summed E-state index contributed by atoms with van der Waals surface area (Å²) in [6.45, 7) is 3.24. The smallest absolute Gasteiger partial charge is 0.221 e. The van der Waals surface area contributed by atoms with Gasteiger partial charge in [0.05, 0.1) is 12.2 Å². The van der Waals surface area contributed by atoms with Gasteiger partial charge in [-0.15, -0.1) is 23.7 Å². The second-order valence-electron chi connectivity index (χ2n) is 4.52. The molecule has 2 rings (SSSR count). The largest absolute Gasteiger partial charge is 0.351 e. The van der Waals surface area contributed by atoms with Gasteiger partial charge < -0.3 is 10.6 Å². The first-order valence-electron chi connectivity index (χ1n) is 6.63. The number of halogens is 1. The van der Waals surface area contributed by atoms with E-state index in [0.29, 0.717) is 19.5 Å². The zero-order valence-corrected chi connectivity index (χ0v) is 13.8. The van der Waals surface area contributed by atoms with Gasteiger partial charge in [0.15, 0.2) is 0 Å². The number of carbonyl (C=O) groups excluding carboxylic acids is 1. The highest BCUT2D eigenvalue weighted by molar-refractivity contribution is 7.15. The summed E-state index contributed by atoms with van der Waals surface area (Å²) in [5.74, 6) is 0.0633. The molecule has 0 atom stereocenters. The normalized spacial score (nSPS) is 10.0. The lowest BCUT2D eigenvalue weighted by molar-refractivity contribution is -0.121. The van der Waals surface area contributed by atoms with Crippen molar-refractivity contribution in [2.75, 3.05) is 13.6 Å². The van der Waals surface area contributed by atoms with E-state index in [1.165, 1.54) is 0 Å². The van der Waals surface area contributed by atoms with Crippen molar-refractivity contribution in [3.63, 3.8) is 0 Å². The Morgan fingerprint density at radius 2 is 2.00 bits per heavy atom. The van der Waals surface area contributed by atoms with Crippen molar-refractivity contribution in [3.8, 4) is 10.6 Å². The Hall–Kier alpha value is -1.43. The molecule has 0 bridgehead atoms. The van der Waals surface area contributed by atoms with Crippen molar-refractivity contribution in [2.24, 2.45) is 0 Å². The van der Waals surface area contributed by atoms with E-state index in [0.717, 1.165) is 21.1 Å². The lowest BCUT2D eigenvalue weighted by Crippen LogP contribution is -2.25.